The lowest BCUT2D eigenvalue weighted by Gasteiger charge is -2.33. The third-order valence-corrected chi connectivity index (χ3v) is 5.43. The highest BCUT2D eigenvalue weighted by Crippen LogP contribution is 2.21. The van der Waals surface area contributed by atoms with Crippen LogP contribution in [0, 0.1) is 0 Å². The molecule has 134 valence electrons. The van der Waals surface area contributed by atoms with E-state index in [1.807, 2.05) is 30.3 Å². The minimum absolute atomic E-state index is 0.633. The summed E-state index contributed by atoms with van der Waals surface area (Å²) in [7, 11) is 1.70. The highest BCUT2D eigenvalue weighted by atomic mass is 35.5. The van der Waals surface area contributed by atoms with Gasteiger partial charge in [-0.15, -0.1) is 0 Å². The fraction of sp³-hybridized carbons (Fsp3) is 0.286. The molecule has 1 N–H and O–H groups in total. The molecule has 2 heterocycles. The van der Waals surface area contributed by atoms with Crippen molar-refractivity contribution in [2.45, 2.75) is 6.54 Å². The molecule has 1 aliphatic heterocycles. The van der Waals surface area contributed by atoms with Crippen molar-refractivity contribution in [3.63, 3.8) is 0 Å². The number of aromatic nitrogens is 1. The minimum Gasteiger partial charge on any atom is -0.497 e. The van der Waals surface area contributed by atoms with Gasteiger partial charge in [0, 0.05) is 16.6 Å². The van der Waals surface area contributed by atoms with E-state index in [0.29, 0.717) is 5.15 Å². The van der Waals surface area contributed by atoms with Crippen LogP contribution in [0.3, 0.4) is 0 Å². The second-order valence-electron chi connectivity index (χ2n) is 6.74. The molecule has 1 aromatic heterocycles. The molecule has 1 saturated heterocycles. The topological polar surface area (TPSA) is 29.8 Å². The molecule has 26 heavy (non-hydrogen) atoms. The van der Waals surface area contributed by atoms with Crippen LogP contribution < -0.4 is 14.5 Å². The van der Waals surface area contributed by atoms with Gasteiger partial charge >= 0.3 is 0 Å². The largest absolute Gasteiger partial charge is 0.497 e. The minimum atomic E-state index is 0.633. The van der Waals surface area contributed by atoms with Crippen LogP contribution in [-0.2, 0) is 6.54 Å². The lowest BCUT2D eigenvalue weighted by Crippen LogP contribution is -3.13. The number of hydrogen-bond donors (Lipinski definition) is 1. The van der Waals surface area contributed by atoms with Gasteiger partial charge in [0.2, 0.25) is 0 Å². The van der Waals surface area contributed by atoms with E-state index in [2.05, 4.69) is 34.1 Å². The van der Waals surface area contributed by atoms with Crippen molar-refractivity contribution in [3.05, 3.63) is 65.3 Å². The van der Waals surface area contributed by atoms with Crippen LogP contribution in [0.5, 0.6) is 5.75 Å². The van der Waals surface area contributed by atoms with Gasteiger partial charge in [0.05, 0.1) is 38.8 Å². The summed E-state index contributed by atoms with van der Waals surface area (Å²) in [5.41, 5.74) is 3.36. The number of hydrogen-bond acceptors (Lipinski definition) is 3. The zero-order valence-electron chi connectivity index (χ0n) is 14.9. The molecule has 4 rings (SSSR count). The van der Waals surface area contributed by atoms with Gasteiger partial charge in [-0.1, -0.05) is 29.8 Å². The first-order valence-corrected chi connectivity index (χ1v) is 9.37. The standard InChI is InChI=1S/C21H22ClN3O/c1-26-19-8-6-18(7-9-19)25-12-10-24(11-13-25)15-17-14-16-4-2-3-5-20(16)23-21(17)22/h2-9,14H,10-13,15H2,1H3/p+1. The summed E-state index contributed by atoms with van der Waals surface area (Å²) in [6.45, 7) is 5.19. The quantitative estimate of drug-likeness (QED) is 0.718. The number of anilines is 1. The maximum absolute atomic E-state index is 6.43. The molecule has 2 aromatic carbocycles. The highest BCUT2D eigenvalue weighted by molar-refractivity contribution is 6.30. The maximum Gasteiger partial charge on any atom is 0.138 e. The molecule has 5 heteroatoms. The number of halogens is 1. The molecule has 3 aromatic rings. The Labute approximate surface area is 159 Å². The van der Waals surface area contributed by atoms with E-state index in [-0.39, 0.29) is 0 Å². The van der Waals surface area contributed by atoms with E-state index < -0.39 is 0 Å². The molecular weight excluding hydrogens is 346 g/mol. The predicted octanol–water partition coefficient (Wildman–Crippen LogP) is 2.80. The second-order valence-corrected chi connectivity index (χ2v) is 7.10. The zero-order valence-corrected chi connectivity index (χ0v) is 15.7. The van der Waals surface area contributed by atoms with Crippen molar-refractivity contribution in [2.75, 3.05) is 38.2 Å². The molecule has 0 bridgehead atoms. The Balaban J connectivity index is 1.41. The average Bonchev–Trinajstić information content (AvgIpc) is 2.69. The number of pyridine rings is 1. The fourth-order valence-electron chi connectivity index (χ4n) is 3.58. The van der Waals surface area contributed by atoms with Gasteiger partial charge < -0.3 is 14.5 Å². The molecule has 0 atom stereocenters. The molecule has 0 saturated carbocycles. The zero-order chi connectivity index (χ0) is 17.9. The van der Waals surface area contributed by atoms with Crippen LogP contribution in [0.15, 0.2) is 54.6 Å². The summed E-state index contributed by atoms with van der Waals surface area (Å²) in [6, 6.07) is 18.6. The van der Waals surface area contributed by atoms with Gasteiger partial charge in [0.15, 0.2) is 0 Å². The summed E-state index contributed by atoms with van der Waals surface area (Å²) in [4.78, 5) is 8.53. The van der Waals surface area contributed by atoms with Crippen LogP contribution >= 0.6 is 11.6 Å². The fourth-order valence-corrected chi connectivity index (χ4v) is 3.79. The van der Waals surface area contributed by atoms with Crippen molar-refractivity contribution in [2.24, 2.45) is 0 Å². The van der Waals surface area contributed by atoms with E-state index in [1.165, 1.54) is 5.69 Å². The second kappa shape index (κ2) is 7.52. The molecule has 0 radical (unpaired) electrons. The Kier molecular flexibility index (Phi) is 4.96. The maximum atomic E-state index is 6.43. The normalized spacial score (nSPS) is 15.4. The van der Waals surface area contributed by atoms with E-state index >= 15 is 0 Å². The number of fused-ring (bicyclic) bond motifs is 1. The van der Waals surface area contributed by atoms with Crippen LogP contribution in [0.25, 0.3) is 10.9 Å². The van der Waals surface area contributed by atoms with E-state index in [9.17, 15) is 0 Å². The molecule has 0 amide bonds. The van der Waals surface area contributed by atoms with Crippen LogP contribution in [0.1, 0.15) is 5.56 Å². The molecule has 4 nitrogen and oxygen atoms in total. The number of rotatable bonds is 4. The Morgan fingerprint density at radius 2 is 1.81 bits per heavy atom. The summed E-state index contributed by atoms with van der Waals surface area (Å²) >= 11 is 6.43. The first-order chi connectivity index (χ1) is 12.7. The van der Waals surface area contributed by atoms with Crippen LogP contribution in [0.4, 0.5) is 5.69 Å². The number of piperazine rings is 1. The molecule has 1 aliphatic rings. The molecule has 0 unspecified atom stereocenters. The highest BCUT2D eigenvalue weighted by Gasteiger charge is 2.21. The van der Waals surface area contributed by atoms with Crippen molar-refractivity contribution in [1.82, 2.24) is 4.98 Å². The summed E-state index contributed by atoms with van der Waals surface area (Å²) < 4.78 is 5.24. The van der Waals surface area contributed by atoms with Crippen molar-refractivity contribution in [1.29, 1.82) is 0 Å². The van der Waals surface area contributed by atoms with Gasteiger partial charge in [-0.25, -0.2) is 4.98 Å². The Hall–Kier alpha value is -2.30. The molecular formula is C21H23ClN3O+. The average molecular weight is 369 g/mol. The number of ether oxygens (including phenoxy) is 1. The molecule has 1 fully saturated rings. The first-order valence-electron chi connectivity index (χ1n) is 8.99. The van der Waals surface area contributed by atoms with Crippen molar-refractivity contribution < 1.29 is 9.64 Å². The Bertz CT molecular complexity index is 889. The van der Waals surface area contributed by atoms with E-state index in [4.69, 9.17) is 16.3 Å². The Morgan fingerprint density at radius 1 is 1.08 bits per heavy atom. The van der Waals surface area contributed by atoms with Gasteiger partial charge in [-0.2, -0.15) is 0 Å². The Morgan fingerprint density at radius 3 is 2.54 bits per heavy atom. The van der Waals surface area contributed by atoms with E-state index in [0.717, 1.165) is 54.9 Å². The number of quaternary nitrogens is 1. The number of para-hydroxylation sites is 1. The number of methoxy groups -OCH3 is 1. The molecule has 0 spiro atoms. The lowest BCUT2D eigenvalue weighted by molar-refractivity contribution is -0.914. The third-order valence-electron chi connectivity index (χ3n) is 5.10. The summed E-state index contributed by atoms with van der Waals surface area (Å²) in [5, 5.41) is 1.79. The summed E-state index contributed by atoms with van der Waals surface area (Å²) in [5.74, 6) is 0.899. The van der Waals surface area contributed by atoms with Gasteiger partial charge in [-0.05, 0) is 36.4 Å². The van der Waals surface area contributed by atoms with Crippen molar-refractivity contribution in [3.8, 4) is 5.75 Å². The predicted molar refractivity (Wildman–Crippen MR) is 106 cm³/mol. The van der Waals surface area contributed by atoms with E-state index in [1.54, 1.807) is 12.0 Å². The smallest absolute Gasteiger partial charge is 0.138 e. The van der Waals surface area contributed by atoms with Crippen LogP contribution in [-0.4, -0.2) is 38.3 Å². The first kappa shape index (κ1) is 17.1. The number of nitrogens with zero attached hydrogens (tertiary/aromatic N) is 2. The summed E-state index contributed by atoms with van der Waals surface area (Å²) in [6.07, 6.45) is 0. The SMILES string of the molecule is COc1ccc(N2CC[NH+](Cc3cc4ccccc4nc3Cl)CC2)cc1. The third kappa shape index (κ3) is 3.62. The monoisotopic (exact) mass is 368 g/mol. The van der Waals surface area contributed by atoms with Crippen LogP contribution in [0.2, 0.25) is 5.15 Å². The lowest BCUT2D eigenvalue weighted by atomic mass is 10.1. The number of benzene rings is 2. The number of nitrogens with one attached hydrogen (secondary N) is 1. The molecule has 0 aliphatic carbocycles. The van der Waals surface area contributed by atoms with Gasteiger partial charge in [-0.3, -0.25) is 0 Å². The van der Waals surface area contributed by atoms with Gasteiger partial charge in [0.25, 0.3) is 0 Å². The van der Waals surface area contributed by atoms with Crippen molar-refractivity contribution >= 4 is 28.2 Å². The van der Waals surface area contributed by atoms with Gasteiger partial charge in [0.1, 0.15) is 17.4 Å².